The van der Waals surface area contributed by atoms with Crippen LogP contribution in [0.1, 0.15) is 34.5 Å². The van der Waals surface area contributed by atoms with Crippen LogP contribution in [-0.2, 0) is 31.3 Å². The third-order valence-corrected chi connectivity index (χ3v) is 5.97. The summed E-state index contributed by atoms with van der Waals surface area (Å²) in [6.45, 7) is 0.369. The predicted octanol–water partition coefficient (Wildman–Crippen LogP) is 4.49. The molecule has 3 aromatic rings. The van der Waals surface area contributed by atoms with Crippen molar-refractivity contribution in [2.75, 3.05) is 0 Å². The van der Waals surface area contributed by atoms with Gasteiger partial charge in [0.1, 0.15) is 5.03 Å². The van der Waals surface area contributed by atoms with Gasteiger partial charge in [-0.3, -0.25) is 9.55 Å². The third kappa shape index (κ3) is 4.37. The van der Waals surface area contributed by atoms with Crippen LogP contribution >= 0.6 is 11.8 Å². The van der Waals surface area contributed by atoms with Crippen molar-refractivity contribution in [2.45, 2.75) is 42.8 Å². The highest BCUT2D eigenvalue weighted by atomic mass is 32.2. The maximum absolute atomic E-state index is 12.9. The van der Waals surface area contributed by atoms with Gasteiger partial charge in [-0.05, 0) is 43.0 Å². The molecule has 0 spiro atoms. The molecule has 150 valence electrons. The summed E-state index contributed by atoms with van der Waals surface area (Å²) in [6.07, 6.45) is -0.147. The van der Waals surface area contributed by atoms with Crippen molar-refractivity contribution in [2.24, 2.45) is 0 Å². The topological polar surface area (TPSA) is 47.8 Å². The molecule has 1 aliphatic carbocycles. The van der Waals surface area contributed by atoms with E-state index >= 15 is 0 Å². The van der Waals surface area contributed by atoms with Gasteiger partial charge in [0.2, 0.25) is 0 Å². The molecule has 2 aromatic heterocycles. The normalized spacial score (nSPS) is 13.5. The maximum atomic E-state index is 12.9. The molecular formula is C21H18F3N3OS. The number of thioether (sulfide) groups is 1. The molecule has 0 saturated carbocycles. The van der Waals surface area contributed by atoms with E-state index in [0.29, 0.717) is 22.9 Å². The summed E-state index contributed by atoms with van der Waals surface area (Å²) in [5.74, 6) is 0.326. The first-order chi connectivity index (χ1) is 13.9. The van der Waals surface area contributed by atoms with Gasteiger partial charge >= 0.3 is 11.9 Å². The lowest BCUT2D eigenvalue weighted by Crippen LogP contribution is -2.28. The first-order valence-electron chi connectivity index (χ1n) is 9.23. The fraction of sp³-hybridized carbons (Fsp3) is 0.286. The fourth-order valence-electron chi connectivity index (χ4n) is 3.51. The summed E-state index contributed by atoms with van der Waals surface area (Å²) >= 11 is 1.32. The molecule has 0 fully saturated rings. The van der Waals surface area contributed by atoms with Crippen LogP contribution in [-0.4, -0.2) is 14.5 Å². The van der Waals surface area contributed by atoms with Gasteiger partial charge in [0.25, 0.3) is 0 Å². The van der Waals surface area contributed by atoms with E-state index in [1.807, 2.05) is 18.2 Å². The van der Waals surface area contributed by atoms with Gasteiger partial charge in [-0.2, -0.15) is 18.2 Å². The van der Waals surface area contributed by atoms with Crippen molar-refractivity contribution < 1.29 is 13.2 Å². The number of rotatable bonds is 5. The van der Waals surface area contributed by atoms with E-state index in [1.165, 1.54) is 17.8 Å². The number of fused-ring (bicyclic) bond motifs is 1. The van der Waals surface area contributed by atoms with E-state index in [0.717, 1.165) is 48.3 Å². The number of nitrogens with zero attached hydrogens (tertiary/aromatic N) is 3. The van der Waals surface area contributed by atoms with Crippen LogP contribution in [0.5, 0.6) is 0 Å². The lowest BCUT2D eigenvalue weighted by atomic mass is 10.1. The van der Waals surface area contributed by atoms with Crippen LogP contribution in [0.25, 0.3) is 0 Å². The first-order valence-corrected chi connectivity index (χ1v) is 10.2. The van der Waals surface area contributed by atoms with Crippen molar-refractivity contribution in [1.82, 2.24) is 14.5 Å². The highest BCUT2D eigenvalue weighted by molar-refractivity contribution is 7.98. The van der Waals surface area contributed by atoms with Gasteiger partial charge in [0, 0.05) is 23.2 Å². The Bertz CT molecular complexity index is 1080. The Morgan fingerprint density at radius 1 is 1.10 bits per heavy atom. The molecule has 4 nitrogen and oxygen atoms in total. The number of halogens is 3. The van der Waals surface area contributed by atoms with Crippen molar-refractivity contribution in [3.05, 3.63) is 87.2 Å². The van der Waals surface area contributed by atoms with Gasteiger partial charge in [0.15, 0.2) is 0 Å². The molecule has 4 rings (SSSR count). The molecule has 0 saturated heterocycles. The molecule has 0 atom stereocenters. The Labute approximate surface area is 169 Å². The molecule has 1 aliphatic rings. The van der Waals surface area contributed by atoms with E-state index in [-0.39, 0.29) is 5.69 Å². The van der Waals surface area contributed by atoms with Crippen molar-refractivity contribution in [3.63, 3.8) is 0 Å². The molecule has 2 heterocycles. The molecule has 0 N–H and O–H groups in total. The lowest BCUT2D eigenvalue weighted by Gasteiger charge is -2.14. The molecular weight excluding hydrogens is 399 g/mol. The van der Waals surface area contributed by atoms with Crippen LogP contribution in [0.2, 0.25) is 0 Å². The monoisotopic (exact) mass is 417 g/mol. The molecule has 8 heteroatoms. The highest BCUT2D eigenvalue weighted by Crippen LogP contribution is 2.33. The molecule has 29 heavy (non-hydrogen) atoms. The predicted molar refractivity (Wildman–Crippen MR) is 105 cm³/mol. The van der Waals surface area contributed by atoms with Gasteiger partial charge in [-0.1, -0.05) is 24.3 Å². The van der Waals surface area contributed by atoms with E-state index < -0.39 is 11.7 Å². The second-order valence-electron chi connectivity index (χ2n) is 6.87. The van der Waals surface area contributed by atoms with Gasteiger partial charge in [-0.25, -0.2) is 4.79 Å². The summed E-state index contributed by atoms with van der Waals surface area (Å²) in [7, 11) is 0. The quantitative estimate of drug-likeness (QED) is 0.454. The average Bonchev–Trinajstić information content (AvgIpc) is 3.19. The van der Waals surface area contributed by atoms with E-state index in [9.17, 15) is 18.0 Å². The van der Waals surface area contributed by atoms with Crippen LogP contribution < -0.4 is 5.69 Å². The summed E-state index contributed by atoms with van der Waals surface area (Å²) in [5.41, 5.74) is 2.31. The second kappa shape index (κ2) is 8.02. The highest BCUT2D eigenvalue weighted by Gasteiger charge is 2.30. The molecule has 0 aliphatic heterocycles. The van der Waals surface area contributed by atoms with Crippen LogP contribution in [0.4, 0.5) is 13.2 Å². The van der Waals surface area contributed by atoms with Crippen molar-refractivity contribution >= 4 is 11.8 Å². The SMILES string of the molecule is O=c1nc(SCc2cccc(C(F)(F)F)c2)c2c(n1Cc1ccccn1)CCC2. The zero-order valence-electron chi connectivity index (χ0n) is 15.4. The molecule has 0 bridgehead atoms. The van der Waals surface area contributed by atoms with E-state index in [4.69, 9.17) is 0 Å². The zero-order valence-corrected chi connectivity index (χ0v) is 16.3. The Balaban J connectivity index is 1.59. The third-order valence-electron chi connectivity index (χ3n) is 4.88. The Kier molecular flexibility index (Phi) is 5.45. The molecule has 0 amide bonds. The number of hydrogen-bond donors (Lipinski definition) is 0. The molecule has 0 radical (unpaired) electrons. The van der Waals surface area contributed by atoms with Gasteiger partial charge < -0.3 is 0 Å². The molecule has 0 unspecified atom stereocenters. The summed E-state index contributed by atoms with van der Waals surface area (Å²) in [4.78, 5) is 21.2. The Hall–Kier alpha value is -2.61. The smallest absolute Gasteiger partial charge is 0.290 e. The summed E-state index contributed by atoms with van der Waals surface area (Å²) < 4.78 is 40.4. The standard InChI is InChI=1S/C21H18F3N3OS/c22-21(23,24)15-6-3-5-14(11-15)13-29-19-17-8-4-9-18(17)27(20(28)26-19)12-16-7-1-2-10-25-16/h1-3,5-7,10-11H,4,8-9,12-13H2. The van der Waals surface area contributed by atoms with Crippen LogP contribution in [0.15, 0.2) is 58.5 Å². The summed E-state index contributed by atoms with van der Waals surface area (Å²) in [6, 6.07) is 10.8. The Morgan fingerprint density at radius 3 is 2.72 bits per heavy atom. The van der Waals surface area contributed by atoms with Gasteiger partial charge in [0.05, 0.1) is 17.8 Å². The van der Waals surface area contributed by atoms with Crippen LogP contribution in [0, 0.1) is 0 Å². The van der Waals surface area contributed by atoms with E-state index in [1.54, 1.807) is 16.8 Å². The van der Waals surface area contributed by atoms with Gasteiger partial charge in [-0.15, -0.1) is 11.8 Å². The molecule has 1 aromatic carbocycles. The van der Waals surface area contributed by atoms with Crippen molar-refractivity contribution in [3.8, 4) is 0 Å². The van der Waals surface area contributed by atoms with Crippen molar-refractivity contribution in [1.29, 1.82) is 0 Å². The number of pyridine rings is 1. The lowest BCUT2D eigenvalue weighted by molar-refractivity contribution is -0.137. The van der Waals surface area contributed by atoms with E-state index in [2.05, 4.69) is 9.97 Å². The minimum absolute atomic E-state index is 0.326. The summed E-state index contributed by atoms with van der Waals surface area (Å²) in [5, 5.41) is 0.622. The fourth-order valence-corrected chi connectivity index (χ4v) is 4.53. The largest absolute Gasteiger partial charge is 0.416 e. The average molecular weight is 417 g/mol. The number of alkyl halides is 3. The number of hydrogen-bond acceptors (Lipinski definition) is 4. The zero-order chi connectivity index (χ0) is 20.4. The second-order valence-corrected chi connectivity index (χ2v) is 7.84. The first kappa shape index (κ1) is 19.7. The Morgan fingerprint density at radius 2 is 1.97 bits per heavy atom. The number of aromatic nitrogens is 3. The minimum atomic E-state index is -4.37. The minimum Gasteiger partial charge on any atom is -0.290 e. The maximum Gasteiger partial charge on any atom is 0.416 e. The van der Waals surface area contributed by atoms with Crippen LogP contribution in [0.3, 0.4) is 0 Å². The number of benzene rings is 1.